The lowest BCUT2D eigenvalue weighted by molar-refractivity contribution is 0.0155. The zero-order valence-corrected chi connectivity index (χ0v) is 22.7. The Morgan fingerprint density at radius 1 is 0.700 bits per heavy atom. The van der Waals surface area contributed by atoms with Crippen molar-refractivity contribution in [3.63, 3.8) is 0 Å². The van der Waals surface area contributed by atoms with Crippen LogP contribution in [-0.2, 0) is 18.3 Å². The van der Waals surface area contributed by atoms with Crippen LogP contribution in [0.4, 0.5) is 0 Å². The Hall–Kier alpha value is 0.111. The molecule has 3 fully saturated rings. The van der Waals surface area contributed by atoms with Gasteiger partial charge >= 0.3 is 0 Å². The number of hydrogen-bond acceptors (Lipinski definition) is 7. The average molecular weight is 474 g/mol. The first-order chi connectivity index (χ1) is 14.3. The number of morpholine rings is 3. The zero-order chi connectivity index (χ0) is 21.7. The second-order valence-corrected chi connectivity index (χ2v) is 22.1. The van der Waals surface area contributed by atoms with E-state index in [1.54, 1.807) is 0 Å². The Morgan fingerprint density at radius 3 is 1.40 bits per heavy atom. The van der Waals surface area contributed by atoms with E-state index in [0.29, 0.717) is 0 Å². The van der Waals surface area contributed by atoms with Crippen LogP contribution in [0.2, 0.25) is 38.3 Å². The van der Waals surface area contributed by atoms with Crippen LogP contribution in [0.5, 0.6) is 0 Å². The van der Waals surface area contributed by atoms with Gasteiger partial charge in [-0.25, -0.2) is 0 Å². The van der Waals surface area contributed by atoms with E-state index in [-0.39, 0.29) is 0 Å². The minimum atomic E-state index is -2.08. The SMILES string of the molecule is C=C[Si](C)(C)O[Si](C)(C)CC[Si](N1CCOCC1)(N1CCOCC1)N1CCOCC1. The van der Waals surface area contributed by atoms with Crippen molar-refractivity contribution in [1.82, 2.24) is 13.7 Å². The van der Waals surface area contributed by atoms with E-state index in [1.165, 1.54) is 12.1 Å². The molecule has 3 rings (SSSR count). The van der Waals surface area contributed by atoms with Gasteiger partial charge in [0.25, 0.3) is 8.56 Å². The summed E-state index contributed by atoms with van der Waals surface area (Å²) >= 11 is 0. The van der Waals surface area contributed by atoms with Gasteiger partial charge in [0.1, 0.15) is 0 Å². The summed E-state index contributed by atoms with van der Waals surface area (Å²) < 4.78 is 32.6. The summed E-state index contributed by atoms with van der Waals surface area (Å²) in [7, 11) is -5.68. The Kier molecular flexibility index (Phi) is 8.92. The van der Waals surface area contributed by atoms with Crippen LogP contribution in [-0.4, -0.2) is 118 Å². The van der Waals surface area contributed by atoms with E-state index in [4.69, 9.17) is 18.3 Å². The normalized spacial score (nSPS) is 24.1. The molecule has 0 aromatic rings. The molecule has 3 aliphatic rings. The van der Waals surface area contributed by atoms with Crippen molar-refractivity contribution in [1.29, 1.82) is 0 Å². The number of hydrogen-bond donors (Lipinski definition) is 0. The minimum Gasteiger partial charge on any atom is -0.453 e. The van der Waals surface area contributed by atoms with Gasteiger partial charge in [0.2, 0.25) is 0 Å². The lowest BCUT2D eigenvalue weighted by Gasteiger charge is -2.57. The summed E-state index contributed by atoms with van der Waals surface area (Å²) in [5.41, 5.74) is 2.08. The third-order valence-electron chi connectivity index (χ3n) is 6.65. The lowest BCUT2D eigenvalue weighted by atomic mass is 10.5. The molecule has 174 valence electrons. The first-order valence-electron chi connectivity index (χ1n) is 11.6. The molecule has 0 radical (unpaired) electrons. The lowest BCUT2D eigenvalue weighted by Crippen LogP contribution is -2.79. The molecule has 3 aliphatic heterocycles. The van der Waals surface area contributed by atoms with Crippen LogP contribution in [0, 0.1) is 0 Å². The molecule has 0 aromatic carbocycles. The van der Waals surface area contributed by atoms with E-state index in [9.17, 15) is 0 Å². The third kappa shape index (κ3) is 6.12. The van der Waals surface area contributed by atoms with Gasteiger partial charge in [0.05, 0.1) is 39.6 Å². The summed E-state index contributed by atoms with van der Waals surface area (Å²) in [6, 6.07) is 2.42. The largest absolute Gasteiger partial charge is 0.453 e. The second-order valence-electron chi connectivity index (χ2n) is 9.74. The first kappa shape index (κ1) is 24.7. The monoisotopic (exact) mass is 473 g/mol. The van der Waals surface area contributed by atoms with Crippen molar-refractivity contribution in [3.8, 4) is 0 Å². The standard InChI is InChI=1S/C20H43N3O4Si3/c1-6-28(2,3)27-29(4,5)19-20-30(21-7-13-24-14-8-21,22-9-15-25-16-10-22)23-11-17-26-18-12-23/h6H,1,7-20H2,2-5H3. The van der Waals surface area contributed by atoms with Gasteiger partial charge in [0, 0.05) is 39.3 Å². The molecule has 0 spiro atoms. The van der Waals surface area contributed by atoms with E-state index in [0.717, 1.165) is 78.9 Å². The van der Waals surface area contributed by atoms with Crippen LogP contribution < -0.4 is 0 Å². The maximum atomic E-state index is 6.78. The fraction of sp³-hybridized carbons (Fsp3) is 0.900. The van der Waals surface area contributed by atoms with Crippen molar-refractivity contribution in [3.05, 3.63) is 12.3 Å². The molecule has 0 atom stereocenters. The van der Waals surface area contributed by atoms with E-state index >= 15 is 0 Å². The smallest absolute Gasteiger partial charge is 0.289 e. The van der Waals surface area contributed by atoms with Crippen LogP contribution in [0.25, 0.3) is 0 Å². The zero-order valence-electron chi connectivity index (χ0n) is 19.7. The first-order valence-corrected chi connectivity index (χ1v) is 19.8. The average Bonchev–Trinajstić information content (AvgIpc) is 2.76. The van der Waals surface area contributed by atoms with Gasteiger partial charge < -0.3 is 18.3 Å². The number of nitrogens with zero attached hydrogens (tertiary/aromatic N) is 3. The van der Waals surface area contributed by atoms with Gasteiger partial charge in [-0.15, -0.1) is 6.58 Å². The molecule has 0 N–H and O–H groups in total. The summed E-state index contributed by atoms with van der Waals surface area (Å²) in [4.78, 5) is 0. The summed E-state index contributed by atoms with van der Waals surface area (Å²) in [5, 5.41) is 0. The molecule has 30 heavy (non-hydrogen) atoms. The van der Waals surface area contributed by atoms with E-state index in [2.05, 4.69) is 52.2 Å². The van der Waals surface area contributed by atoms with Crippen molar-refractivity contribution in [2.24, 2.45) is 0 Å². The Bertz CT molecular complexity index is 504. The molecule has 0 bridgehead atoms. The van der Waals surface area contributed by atoms with Crippen LogP contribution in [0.1, 0.15) is 0 Å². The quantitative estimate of drug-likeness (QED) is 0.475. The highest BCUT2D eigenvalue weighted by molar-refractivity contribution is 6.88. The topological polar surface area (TPSA) is 46.6 Å². The highest BCUT2D eigenvalue weighted by Gasteiger charge is 2.53. The van der Waals surface area contributed by atoms with Crippen molar-refractivity contribution in [2.45, 2.75) is 38.3 Å². The fourth-order valence-electron chi connectivity index (χ4n) is 5.11. The molecular weight excluding hydrogens is 430 g/mol. The third-order valence-corrected chi connectivity index (χ3v) is 19.2. The van der Waals surface area contributed by atoms with E-state index < -0.39 is 25.2 Å². The van der Waals surface area contributed by atoms with Crippen molar-refractivity contribution in [2.75, 3.05) is 78.9 Å². The number of ether oxygens (including phenoxy) is 3. The second kappa shape index (κ2) is 10.8. The van der Waals surface area contributed by atoms with Gasteiger partial charge in [-0.05, 0) is 38.3 Å². The van der Waals surface area contributed by atoms with Gasteiger partial charge in [-0.3, -0.25) is 13.7 Å². The predicted molar refractivity (Wildman–Crippen MR) is 129 cm³/mol. The number of rotatable bonds is 9. The molecule has 0 amide bonds. The molecule has 10 heteroatoms. The minimum absolute atomic E-state index is 0.844. The molecule has 0 saturated carbocycles. The maximum Gasteiger partial charge on any atom is 0.289 e. The maximum absolute atomic E-state index is 6.78. The van der Waals surface area contributed by atoms with Crippen molar-refractivity contribution >= 4 is 25.2 Å². The summed E-state index contributed by atoms with van der Waals surface area (Å²) in [6.07, 6.45) is 0. The highest BCUT2D eigenvalue weighted by Crippen LogP contribution is 2.33. The molecule has 0 aromatic heterocycles. The van der Waals surface area contributed by atoms with Gasteiger partial charge in [-0.2, -0.15) is 0 Å². The van der Waals surface area contributed by atoms with Crippen LogP contribution in [0.15, 0.2) is 12.3 Å². The predicted octanol–water partition coefficient (Wildman–Crippen LogP) is 2.07. The van der Waals surface area contributed by atoms with E-state index in [1.807, 2.05) is 0 Å². The molecular formula is C20H43N3O4Si3. The van der Waals surface area contributed by atoms with Gasteiger partial charge in [0.15, 0.2) is 16.6 Å². The molecule has 0 aliphatic carbocycles. The van der Waals surface area contributed by atoms with Gasteiger partial charge in [-0.1, -0.05) is 5.70 Å². The summed E-state index contributed by atoms with van der Waals surface area (Å²) in [6.45, 7) is 24.7. The molecule has 7 nitrogen and oxygen atoms in total. The van der Waals surface area contributed by atoms with Crippen LogP contribution >= 0.6 is 0 Å². The Labute approximate surface area is 186 Å². The van der Waals surface area contributed by atoms with Crippen LogP contribution in [0.3, 0.4) is 0 Å². The molecule has 0 unspecified atom stereocenters. The fourth-order valence-corrected chi connectivity index (χ4v) is 20.1. The highest BCUT2D eigenvalue weighted by atomic mass is 28.4. The van der Waals surface area contributed by atoms with Crippen molar-refractivity contribution < 1.29 is 18.3 Å². The Balaban J connectivity index is 1.88. The molecule has 3 saturated heterocycles. The summed E-state index contributed by atoms with van der Waals surface area (Å²) in [5.74, 6) is 0. The molecule has 3 heterocycles. The Morgan fingerprint density at radius 2 is 1.07 bits per heavy atom.